The highest BCUT2D eigenvalue weighted by molar-refractivity contribution is 7.89. The zero-order valence-corrected chi connectivity index (χ0v) is 18.7. The largest absolute Gasteiger partial charge is 0.338 e. The first kappa shape index (κ1) is 22.1. The Morgan fingerprint density at radius 1 is 1.09 bits per heavy atom. The minimum atomic E-state index is -3.71. The van der Waals surface area contributed by atoms with Gasteiger partial charge < -0.3 is 10.6 Å². The van der Waals surface area contributed by atoms with Gasteiger partial charge in [0.05, 0.1) is 16.9 Å². The normalized spacial score (nSPS) is 14.9. The predicted octanol–water partition coefficient (Wildman–Crippen LogP) is 2.10. The monoisotopic (exact) mass is 481 g/mol. The molecule has 1 aliphatic heterocycles. The SMILES string of the molecule is O=Cc1ccn(-c2ccc(Nc3cc4nc(S(=O)(=O)N5CCNCC5)ccc4cn3)c(F)c2)n1. The molecule has 0 atom stereocenters. The minimum Gasteiger partial charge on any atom is -0.338 e. The smallest absolute Gasteiger partial charge is 0.260 e. The predicted molar refractivity (Wildman–Crippen MR) is 123 cm³/mol. The molecule has 0 bridgehead atoms. The third-order valence-electron chi connectivity index (χ3n) is 5.44. The first-order valence-corrected chi connectivity index (χ1v) is 11.9. The molecule has 0 saturated carbocycles. The van der Waals surface area contributed by atoms with E-state index in [1.54, 1.807) is 30.6 Å². The quantitative estimate of drug-likeness (QED) is 0.402. The Balaban J connectivity index is 1.41. The molecule has 1 fully saturated rings. The molecule has 4 heterocycles. The fourth-order valence-corrected chi connectivity index (χ4v) is 5.04. The second-order valence-corrected chi connectivity index (χ2v) is 9.54. The summed E-state index contributed by atoms with van der Waals surface area (Å²) in [7, 11) is -3.71. The van der Waals surface area contributed by atoms with Crippen LogP contribution in [-0.4, -0.2) is 64.9 Å². The van der Waals surface area contributed by atoms with Crippen molar-refractivity contribution in [2.45, 2.75) is 5.03 Å². The van der Waals surface area contributed by atoms with Crippen LogP contribution in [0.15, 0.2) is 59.9 Å². The number of nitrogens with one attached hydrogen (secondary N) is 2. The van der Waals surface area contributed by atoms with E-state index >= 15 is 0 Å². The molecular formula is C22H20FN7O3S. The van der Waals surface area contributed by atoms with E-state index in [1.165, 1.54) is 33.3 Å². The first-order valence-electron chi connectivity index (χ1n) is 10.5. The molecule has 0 aliphatic carbocycles. The van der Waals surface area contributed by atoms with Crippen molar-refractivity contribution in [1.82, 2.24) is 29.4 Å². The molecule has 10 nitrogen and oxygen atoms in total. The molecule has 3 aromatic heterocycles. The molecule has 34 heavy (non-hydrogen) atoms. The number of rotatable bonds is 6. The molecule has 0 spiro atoms. The van der Waals surface area contributed by atoms with Gasteiger partial charge >= 0.3 is 0 Å². The van der Waals surface area contributed by atoms with Crippen LogP contribution in [0.4, 0.5) is 15.9 Å². The second-order valence-electron chi connectivity index (χ2n) is 7.66. The van der Waals surface area contributed by atoms with Crippen LogP contribution in [0, 0.1) is 5.82 Å². The average molecular weight is 482 g/mol. The van der Waals surface area contributed by atoms with Gasteiger partial charge in [-0.05, 0) is 30.3 Å². The second kappa shape index (κ2) is 8.89. The molecule has 12 heteroatoms. The maximum absolute atomic E-state index is 14.7. The lowest BCUT2D eigenvalue weighted by Gasteiger charge is -2.26. The van der Waals surface area contributed by atoms with Crippen molar-refractivity contribution in [2.75, 3.05) is 31.5 Å². The Bertz CT molecular complexity index is 1480. The van der Waals surface area contributed by atoms with Crippen LogP contribution < -0.4 is 10.6 Å². The van der Waals surface area contributed by atoms with Crippen molar-refractivity contribution < 1.29 is 17.6 Å². The number of fused-ring (bicyclic) bond motifs is 1. The molecule has 0 unspecified atom stereocenters. The van der Waals surface area contributed by atoms with Crippen LogP contribution >= 0.6 is 0 Å². The third kappa shape index (κ3) is 4.25. The Labute approximate surface area is 194 Å². The topological polar surface area (TPSA) is 122 Å². The van der Waals surface area contributed by atoms with E-state index < -0.39 is 15.8 Å². The molecule has 2 N–H and O–H groups in total. The fourth-order valence-electron chi connectivity index (χ4n) is 3.66. The van der Waals surface area contributed by atoms with Crippen molar-refractivity contribution in [3.63, 3.8) is 0 Å². The number of aldehydes is 1. The van der Waals surface area contributed by atoms with E-state index in [9.17, 15) is 17.6 Å². The first-order chi connectivity index (χ1) is 16.4. The molecule has 0 radical (unpaired) electrons. The van der Waals surface area contributed by atoms with Crippen LogP contribution in [0.25, 0.3) is 16.6 Å². The van der Waals surface area contributed by atoms with Gasteiger partial charge in [-0.1, -0.05) is 0 Å². The number of hydrogen-bond donors (Lipinski definition) is 2. The number of aromatic nitrogens is 4. The van der Waals surface area contributed by atoms with Gasteiger partial charge in [-0.15, -0.1) is 0 Å². The van der Waals surface area contributed by atoms with Crippen LogP contribution in [0.2, 0.25) is 0 Å². The van der Waals surface area contributed by atoms with Crippen LogP contribution in [0.3, 0.4) is 0 Å². The summed E-state index contributed by atoms with van der Waals surface area (Å²) in [6.07, 6.45) is 3.72. The summed E-state index contributed by atoms with van der Waals surface area (Å²) in [6.45, 7) is 1.95. The summed E-state index contributed by atoms with van der Waals surface area (Å²) in [4.78, 5) is 19.4. The van der Waals surface area contributed by atoms with E-state index in [0.717, 1.165) is 0 Å². The maximum atomic E-state index is 14.7. The van der Waals surface area contributed by atoms with Gasteiger partial charge in [0.15, 0.2) is 11.3 Å². The zero-order chi connectivity index (χ0) is 23.7. The number of carbonyl (C=O) groups is 1. The highest BCUT2D eigenvalue weighted by Crippen LogP contribution is 2.24. The molecule has 1 aliphatic rings. The van der Waals surface area contributed by atoms with Gasteiger partial charge in [0, 0.05) is 56.1 Å². The van der Waals surface area contributed by atoms with Gasteiger partial charge in [-0.2, -0.15) is 9.40 Å². The molecule has 1 aromatic carbocycles. The van der Waals surface area contributed by atoms with E-state index in [1.807, 2.05) is 0 Å². The lowest BCUT2D eigenvalue weighted by Crippen LogP contribution is -2.46. The van der Waals surface area contributed by atoms with Gasteiger partial charge in [0.25, 0.3) is 10.0 Å². The average Bonchev–Trinajstić information content (AvgIpc) is 3.35. The van der Waals surface area contributed by atoms with Crippen LogP contribution in [0.1, 0.15) is 10.5 Å². The number of carbonyl (C=O) groups excluding carboxylic acids is 1. The lowest BCUT2D eigenvalue weighted by molar-refractivity contribution is 0.111. The van der Waals surface area contributed by atoms with Gasteiger partial charge in [-0.25, -0.2) is 27.5 Å². The Morgan fingerprint density at radius 2 is 1.91 bits per heavy atom. The van der Waals surface area contributed by atoms with Crippen LogP contribution in [0.5, 0.6) is 0 Å². The van der Waals surface area contributed by atoms with E-state index in [2.05, 4.69) is 25.7 Å². The standard InChI is InChI=1S/C22H20FN7O3S/c23-18-11-17(30-8-5-16(14-31)28-30)2-3-19(18)26-21-12-20-15(13-25-21)1-4-22(27-20)34(32,33)29-9-6-24-7-10-29/h1-5,8,11-14,24H,6-7,9-10H2,(H,25,26). The highest BCUT2D eigenvalue weighted by atomic mass is 32.2. The summed E-state index contributed by atoms with van der Waals surface area (Å²) in [5.41, 5.74) is 1.28. The lowest BCUT2D eigenvalue weighted by atomic mass is 10.2. The highest BCUT2D eigenvalue weighted by Gasteiger charge is 2.27. The number of pyridine rings is 2. The number of halogens is 1. The number of nitrogens with zero attached hydrogens (tertiary/aromatic N) is 5. The number of piperazine rings is 1. The molecule has 1 saturated heterocycles. The summed E-state index contributed by atoms with van der Waals surface area (Å²) >= 11 is 0. The van der Waals surface area contributed by atoms with Crippen molar-refractivity contribution in [2.24, 2.45) is 0 Å². The number of anilines is 2. The zero-order valence-electron chi connectivity index (χ0n) is 17.8. The molecule has 0 amide bonds. The van der Waals surface area contributed by atoms with Gasteiger partial charge in [-0.3, -0.25) is 4.79 Å². The summed E-state index contributed by atoms with van der Waals surface area (Å²) in [5, 5.41) is 10.7. The number of hydrogen-bond acceptors (Lipinski definition) is 8. The van der Waals surface area contributed by atoms with Crippen molar-refractivity contribution >= 4 is 38.7 Å². The van der Waals surface area contributed by atoms with Crippen molar-refractivity contribution in [3.05, 3.63) is 66.4 Å². The van der Waals surface area contributed by atoms with E-state index in [-0.39, 0.29) is 16.4 Å². The Hall–Kier alpha value is -3.74. The third-order valence-corrected chi connectivity index (χ3v) is 7.24. The van der Waals surface area contributed by atoms with Crippen molar-refractivity contribution in [3.8, 4) is 5.69 Å². The number of benzene rings is 1. The molecule has 4 aromatic rings. The minimum absolute atomic E-state index is 0.0384. The van der Waals surface area contributed by atoms with Crippen LogP contribution in [-0.2, 0) is 10.0 Å². The molecular weight excluding hydrogens is 461 g/mol. The number of sulfonamides is 1. The van der Waals surface area contributed by atoms with Gasteiger partial charge in [0.1, 0.15) is 17.3 Å². The summed E-state index contributed by atoms with van der Waals surface area (Å²) in [6, 6.07) is 10.7. The Kier molecular flexibility index (Phi) is 5.77. The van der Waals surface area contributed by atoms with E-state index in [0.29, 0.717) is 54.9 Å². The Morgan fingerprint density at radius 3 is 2.65 bits per heavy atom. The fraction of sp³-hybridized carbons (Fsp3) is 0.182. The van der Waals surface area contributed by atoms with Gasteiger partial charge in [0.2, 0.25) is 0 Å². The summed E-state index contributed by atoms with van der Waals surface area (Å²) < 4.78 is 43.5. The summed E-state index contributed by atoms with van der Waals surface area (Å²) in [5.74, 6) is -0.240. The molecule has 5 rings (SSSR count). The van der Waals surface area contributed by atoms with Crippen molar-refractivity contribution in [1.29, 1.82) is 0 Å². The van der Waals surface area contributed by atoms with E-state index in [4.69, 9.17) is 0 Å². The molecule has 174 valence electrons. The maximum Gasteiger partial charge on any atom is 0.260 e.